The maximum absolute atomic E-state index is 13.0. The lowest BCUT2D eigenvalue weighted by molar-refractivity contribution is -0.196. The van der Waals surface area contributed by atoms with E-state index in [-0.39, 0.29) is 6.61 Å². The Labute approximate surface area is 202 Å². The van der Waals surface area contributed by atoms with Crippen molar-refractivity contribution in [2.75, 3.05) is 6.61 Å². The van der Waals surface area contributed by atoms with Gasteiger partial charge in [0.05, 0.1) is 0 Å². The molecule has 1 amide bonds. The van der Waals surface area contributed by atoms with Gasteiger partial charge in [-0.25, -0.2) is 4.79 Å². The molecule has 0 saturated carbocycles. The Morgan fingerprint density at radius 1 is 1.03 bits per heavy atom. The van der Waals surface area contributed by atoms with Gasteiger partial charge in [0.15, 0.2) is 12.2 Å². The molecule has 2 aliphatic rings. The van der Waals surface area contributed by atoms with Crippen LogP contribution in [-0.4, -0.2) is 59.3 Å². The second kappa shape index (κ2) is 10.5. The van der Waals surface area contributed by atoms with Crippen LogP contribution in [0.25, 0.3) is 0 Å². The number of ether oxygens (including phenoxy) is 4. The number of aryl methyl sites for hydroxylation is 1. The summed E-state index contributed by atoms with van der Waals surface area (Å²) in [5.74, 6) is -1.02. The molecule has 2 aliphatic heterocycles. The zero-order chi connectivity index (χ0) is 24.2. The molecule has 2 saturated heterocycles. The topological polar surface area (TPSA) is 91.4 Å². The maximum Gasteiger partial charge on any atom is 0.411 e. The average Bonchev–Trinajstić information content (AvgIpc) is 3.12. The van der Waals surface area contributed by atoms with Gasteiger partial charge in [0.2, 0.25) is 0 Å². The van der Waals surface area contributed by atoms with E-state index in [1.807, 2.05) is 61.5 Å². The number of nitrogens with zero attached hydrogens (tertiary/aromatic N) is 1. The molecule has 8 nitrogen and oxygen atoms in total. The van der Waals surface area contributed by atoms with Crippen molar-refractivity contribution in [3.05, 3.63) is 65.7 Å². The number of rotatable bonds is 7. The Hall–Kier alpha value is -3.04. The third-order valence-electron chi connectivity index (χ3n) is 5.67. The molecule has 34 heavy (non-hydrogen) atoms. The van der Waals surface area contributed by atoms with Crippen LogP contribution in [0.2, 0.25) is 0 Å². The lowest BCUT2D eigenvalue weighted by atomic mass is 9.97. The Morgan fingerprint density at radius 3 is 2.38 bits per heavy atom. The molecule has 0 N–H and O–H groups in total. The summed E-state index contributed by atoms with van der Waals surface area (Å²) in [4.78, 5) is 38.9. The molecule has 5 atom stereocenters. The first kappa shape index (κ1) is 24.1. The largest absolute Gasteiger partial charge is 0.463 e. The minimum absolute atomic E-state index is 0.127. The quantitative estimate of drug-likeness (QED) is 0.433. The average molecular weight is 486 g/mol. The summed E-state index contributed by atoms with van der Waals surface area (Å²) in [5.41, 5.74) is 1.51. The Kier molecular flexibility index (Phi) is 7.43. The van der Waals surface area contributed by atoms with Crippen molar-refractivity contribution in [1.82, 2.24) is 4.90 Å². The molecule has 0 radical (unpaired) electrons. The van der Waals surface area contributed by atoms with Crippen LogP contribution < -0.4 is 0 Å². The van der Waals surface area contributed by atoms with E-state index in [9.17, 15) is 14.4 Å². The number of thioether (sulfide) groups is 1. The van der Waals surface area contributed by atoms with E-state index in [1.54, 1.807) is 4.90 Å². The molecule has 2 unspecified atom stereocenters. The molecule has 0 aliphatic carbocycles. The van der Waals surface area contributed by atoms with Crippen LogP contribution >= 0.6 is 11.8 Å². The number of carbonyl (C=O) groups is 3. The van der Waals surface area contributed by atoms with Crippen LogP contribution in [0.1, 0.15) is 25.0 Å². The summed E-state index contributed by atoms with van der Waals surface area (Å²) in [7, 11) is 0. The molecule has 0 bridgehead atoms. The lowest BCUT2D eigenvalue weighted by Gasteiger charge is -2.43. The van der Waals surface area contributed by atoms with Gasteiger partial charge in [-0.15, -0.1) is 0 Å². The van der Waals surface area contributed by atoms with E-state index in [2.05, 4.69) is 0 Å². The summed E-state index contributed by atoms with van der Waals surface area (Å²) in [6, 6.07) is 17.0. The highest BCUT2D eigenvalue weighted by molar-refractivity contribution is 7.99. The number of hydrogen-bond donors (Lipinski definition) is 0. The minimum atomic E-state index is -0.915. The van der Waals surface area contributed by atoms with E-state index < -0.39 is 47.8 Å². The van der Waals surface area contributed by atoms with Crippen molar-refractivity contribution in [2.24, 2.45) is 0 Å². The van der Waals surface area contributed by atoms with Gasteiger partial charge in [0.25, 0.3) is 0 Å². The van der Waals surface area contributed by atoms with Crippen molar-refractivity contribution in [1.29, 1.82) is 0 Å². The predicted octanol–water partition coefficient (Wildman–Crippen LogP) is 3.70. The van der Waals surface area contributed by atoms with E-state index in [1.165, 1.54) is 25.6 Å². The highest BCUT2D eigenvalue weighted by Gasteiger charge is 2.58. The number of benzene rings is 2. The van der Waals surface area contributed by atoms with Gasteiger partial charge in [0, 0.05) is 25.3 Å². The van der Waals surface area contributed by atoms with Gasteiger partial charge in [0.1, 0.15) is 24.2 Å². The lowest BCUT2D eigenvalue weighted by Crippen LogP contribution is -2.60. The fourth-order valence-corrected chi connectivity index (χ4v) is 5.33. The molecule has 0 spiro atoms. The summed E-state index contributed by atoms with van der Waals surface area (Å²) < 4.78 is 22.8. The van der Waals surface area contributed by atoms with E-state index in [0.29, 0.717) is 6.54 Å². The molecule has 2 aromatic rings. The standard InChI is InChI=1S/C25H27NO7S/c1-15-9-11-19(12-10-15)34-24-21-23(22(31-17(3)28)20(32-24)14-30-16(2)27)33-25(29)26(21)13-18-7-5-4-6-8-18/h4-12,20-24H,13-14H2,1-3H3/t20?,21-,22?,23+,24+/m0/s1. The Balaban J connectivity index is 1.67. The monoisotopic (exact) mass is 485 g/mol. The van der Waals surface area contributed by atoms with Crippen LogP contribution in [0.15, 0.2) is 59.5 Å². The van der Waals surface area contributed by atoms with Gasteiger partial charge < -0.3 is 18.9 Å². The van der Waals surface area contributed by atoms with E-state index in [0.717, 1.165) is 16.0 Å². The molecule has 0 aromatic heterocycles. The van der Waals surface area contributed by atoms with Crippen LogP contribution in [0.4, 0.5) is 4.79 Å². The van der Waals surface area contributed by atoms with Crippen molar-refractivity contribution in [3.63, 3.8) is 0 Å². The summed E-state index contributed by atoms with van der Waals surface area (Å²) >= 11 is 1.45. The summed E-state index contributed by atoms with van der Waals surface area (Å²) in [5, 5.41) is 0. The highest BCUT2D eigenvalue weighted by Crippen LogP contribution is 2.42. The number of esters is 2. The van der Waals surface area contributed by atoms with Gasteiger partial charge in [-0.3, -0.25) is 14.5 Å². The minimum Gasteiger partial charge on any atom is -0.463 e. The molecule has 2 fully saturated rings. The summed E-state index contributed by atoms with van der Waals surface area (Å²) in [6.45, 7) is 4.77. The summed E-state index contributed by atoms with van der Waals surface area (Å²) in [6.07, 6.45) is -3.00. The Morgan fingerprint density at radius 2 is 1.74 bits per heavy atom. The smallest absolute Gasteiger partial charge is 0.411 e. The maximum atomic E-state index is 13.0. The van der Waals surface area contributed by atoms with Crippen LogP contribution in [0.3, 0.4) is 0 Å². The SMILES string of the molecule is CC(=O)OCC1O[C@H](Sc2ccc(C)cc2)[C@@H]2[C@@H](OC(=O)N2Cc2ccccc2)C1OC(C)=O. The second-order valence-corrected chi connectivity index (χ2v) is 9.47. The predicted molar refractivity (Wildman–Crippen MR) is 124 cm³/mol. The molecule has 2 heterocycles. The number of fused-ring (bicyclic) bond motifs is 1. The molecular formula is C25H27NO7S. The molecule has 2 aromatic carbocycles. The highest BCUT2D eigenvalue weighted by atomic mass is 32.2. The Bertz CT molecular complexity index is 1030. The number of amides is 1. The molecule has 9 heteroatoms. The molecular weight excluding hydrogens is 458 g/mol. The number of hydrogen-bond acceptors (Lipinski definition) is 8. The first-order valence-corrected chi connectivity index (χ1v) is 11.9. The zero-order valence-corrected chi connectivity index (χ0v) is 20.0. The van der Waals surface area contributed by atoms with Gasteiger partial charge in [-0.05, 0) is 24.6 Å². The van der Waals surface area contributed by atoms with Crippen molar-refractivity contribution < 1.29 is 33.3 Å². The third-order valence-corrected chi connectivity index (χ3v) is 6.83. The second-order valence-electron chi connectivity index (χ2n) is 8.30. The zero-order valence-electron chi connectivity index (χ0n) is 19.2. The van der Waals surface area contributed by atoms with Crippen molar-refractivity contribution in [3.8, 4) is 0 Å². The fraction of sp³-hybridized carbons (Fsp3) is 0.400. The third kappa shape index (κ3) is 5.53. The van der Waals surface area contributed by atoms with Crippen molar-refractivity contribution in [2.45, 2.75) is 62.0 Å². The van der Waals surface area contributed by atoms with E-state index >= 15 is 0 Å². The van der Waals surface area contributed by atoms with Gasteiger partial charge in [-0.2, -0.15) is 0 Å². The van der Waals surface area contributed by atoms with Crippen molar-refractivity contribution >= 4 is 29.8 Å². The molecule has 180 valence electrons. The first-order chi connectivity index (χ1) is 16.3. The van der Waals surface area contributed by atoms with Crippen LogP contribution in [0.5, 0.6) is 0 Å². The normalized spacial score (nSPS) is 25.9. The first-order valence-electron chi connectivity index (χ1n) is 11.0. The van der Waals surface area contributed by atoms with E-state index in [4.69, 9.17) is 18.9 Å². The number of carbonyl (C=O) groups excluding carboxylic acids is 3. The van der Waals surface area contributed by atoms with Gasteiger partial charge >= 0.3 is 18.0 Å². The molecule has 4 rings (SSSR count). The van der Waals surface area contributed by atoms with Crippen LogP contribution in [-0.2, 0) is 35.1 Å². The van der Waals surface area contributed by atoms with Crippen LogP contribution in [0, 0.1) is 6.92 Å². The fourth-order valence-electron chi connectivity index (χ4n) is 4.12. The van der Waals surface area contributed by atoms with Gasteiger partial charge in [-0.1, -0.05) is 59.8 Å².